The number of rotatable bonds is 3. The van der Waals surface area contributed by atoms with Gasteiger partial charge in [0.15, 0.2) is 4.96 Å². The molecule has 0 amide bonds. The zero-order chi connectivity index (χ0) is 11.7. The van der Waals surface area contributed by atoms with Gasteiger partial charge in [-0.15, -0.1) is 11.3 Å². The molecular weight excluding hydrogens is 234 g/mol. The third-order valence-electron chi connectivity index (χ3n) is 3.49. The zero-order valence-electron chi connectivity index (χ0n) is 9.75. The van der Waals surface area contributed by atoms with E-state index in [-0.39, 0.29) is 0 Å². The molecular formula is C12H17N3OS. The first-order valence-corrected chi connectivity index (χ1v) is 6.97. The van der Waals surface area contributed by atoms with Crippen LogP contribution in [0.25, 0.3) is 4.96 Å². The van der Waals surface area contributed by atoms with Crippen molar-refractivity contribution in [3.63, 3.8) is 0 Å². The smallest absolute Gasteiger partial charge is 0.193 e. The minimum atomic E-state index is 0.341. The number of hydrogen-bond acceptors (Lipinski definition) is 4. The lowest BCUT2D eigenvalue weighted by Crippen LogP contribution is -2.34. The van der Waals surface area contributed by atoms with E-state index in [1.807, 2.05) is 0 Å². The Bertz CT molecular complexity index is 456. The van der Waals surface area contributed by atoms with Crippen LogP contribution in [0.1, 0.15) is 18.5 Å². The number of likely N-dealkylation sites (tertiary alicyclic amines) is 1. The molecule has 5 heteroatoms. The second kappa shape index (κ2) is 4.76. The Morgan fingerprint density at radius 2 is 2.24 bits per heavy atom. The fourth-order valence-corrected chi connectivity index (χ4v) is 3.13. The van der Waals surface area contributed by atoms with Crippen LogP contribution >= 0.6 is 11.3 Å². The lowest BCUT2D eigenvalue weighted by Gasteiger charge is -2.30. The van der Waals surface area contributed by atoms with Gasteiger partial charge >= 0.3 is 0 Å². The van der Waals surface area contributed by atoms with E-state index in [9.17, 15) is 0 Å². The van der Waals surface area contributed by atoms with E-state index in [4.69, 9.17) is 5.11 Å². The van der Waals surface area contributed by atoms with Gasteiger partial charge in [-0.3, -0.25) is 9.30 Å². The first-order chi connectivity index (χ1) is 8.35. The highest BCUT2D eigenvalue weighted by molar-refractivity contribution is 7.15. The Morgan fingerprint density at radius 1 is 1.41 bits per heavy atom. The molecule has 3 heterocycles. The van der Waals surface area contributed by atoms with E-state index in [0.29, 0.717) is 12.5 Å². The predicted molar refractivity (Wildman–Crippen MR) is 68.2 cm³/mol. The highest BCUT2D eigenvalue weighted by atomic mass is 32.1. The van der Waals surface area contributed by atoms with Gasteiger partial charge in [-0.05, 0) is 31.8 Å². The van der Waals surface area contributed by atoms with Crippen molar-refractivity contribution in [3.8, 4) is 0 Å². The van der Waals surface area contributed by atoms with E-state index in [0.717, 1.165) is 43.1 Å². The molecule has 1 fully saturated rings. The van der Waals surface area contributed by atoms with Crippen LogP contribution in [0.5, 0.6) is 0 Å². The van der Waals surface area contributed by atoms with E-state index < -0.39 is 0 Å². The third-order valence-corrected chi connectivity index (χ3v) is 4.26. The summed E-state index contributed by atoms with van der Waals surface area (Å²) in [6.45, 7) is 3.44. The summed E-state index contributed by atoms with van der Waals surface area (Å²) in [7, 11) is 0. The normalized spacial score (nSPS) is 19.1. The molecule has 0 saturated carbocycles. The Morgan fingerprint density at radius 3 is 2.94 bits per heavy atom. The van der Waals surface area contributed by atoms with Crippen molar-refractivity contribution >= 4 is 16.3 Å². The topological polar surface area (TPSA) is 40.8 Å². The molecule has 0 radical (unpaired) electrons. The molecule has 0 aliphatic carbocycles. The first kappa shape index (κ1) is 11.2. The van der Waals surface area contributed by atoms with Crippen molar-refractivity contribution in [1.82, 2.24) is 14.3 Å². The molecule has 0 unspecified atom stereocenters. The lowest BCUT2D eigenvalue weighted by atomic mass is 9.98. The van der Waals surface area contributed by atoms with Gasteiger partial charge in [0.1, 0.15) is 0 Å². The maximum atomic E-state index is 9.10. The lowest BCUT2D eigenvalue weighted by molar-refractivity contribution is 0.126. The van der Waals surface area contributed by atoms with Crippen LogP contribution in [0.4, 0.5) is 0 Å². The number of piperidine rings is 1. The summed E-state index contributed by atoms with van der Waals surface area (Å²) >= 11 is 1.67. The molecule has 1 saturated heterocycles. The van der Waals surface area contributed by atoms with Crippen LogP contribution in [0.3, 0.4) is 0 Å². The molecule has 17 heavy (non-hydrogen) atoms. The molecule has 2 aromatic heterocycles. The van der Waals surface area contributed by atoms with Gasteiger partial charge in [0.25, 0.3) is 0 Å². The van der Waals surface area contributed by atoms with Crippen molar-refractivity contribution < 1.29 is 5.11 Å². The fraction of sp³-hybridized carbons (Fsp3) is 0.583. The predicted octanol–water partition coefficient (Wildman–Crippen LogP) is 1.60. The summed E-state index contributed by atoms with van der Waals surface area (Å²) in [6, 6.07) is 0. The molecule has 4 nitrogen and oxygen atoms in total. The zero-order valence-corrected chi connectivity index (χ0v) is 10.6. The van der Waals surface area contributed by atoms with Gasteiger partial charge in [-0.25, -0.2) is 4.98 Å². The number of aliphatic hydroxyl groups is 1. The Kier molecular flexibility index (Phi) is 3.13. The van der Waals surface area contributed by atoms with Crippen molar-refractivity contribution in [3.05, 3.63) is 23.5 Å². The quantitative estimate of drug-likeness (QED) is 0.901. The van der Waals surface area contributed by atoms with Crippen LogP contribution in [-0.4, -0.2) is 39.1 Å². The number of nitrogens with zero attached hydrogens (tertiary/aromatic N) is 3. The molecule has 0 atom stereocenters. The number of aliphatic hydroxyl groups excluding tert-OH is 1. The molecule has 92 valence electrons. The monoisotopic (exact) mass is 251 g/mol. The number of imidazole rings is 1. The summed E-state index contributed by atoms with van der Waals surface area (Å²) < 4.78 is 2.08. The highest BCUT2D eigenvalue weighted by Crippen LogP contribution is 2.19. The maximum absolute atomic E-state index is 9.10. The molecule has 1 N–H and O–H groups in total. The summed E-state index contributed by atoms with van der Waals surface area (Å²) in [6.07, 6.45) is 6.38. The van der Waals surface area contributed by atoms with E-state index in [2.05, 4.69) is 32.1 Å². The van der Waals surface area contributed by atoms with Crippen LogP contribution in [0.15, 0.2) is 17.8 Å². The Hall–Kier alpha value is -0.910. The van der Waals surface area contributed by atoms with Crippen molar-refractivity contribution in [1.29, 1.82) is 0 Å². The van der Waals surface area contributed by atoms with E-state index >= 15 is 0 Å². The molecule has 0 aromatic carbocycles. The van der Waals surface area contributed by atoms with Gasteiger partial charge < -0.3 is 5.11 Å². The second-order valence-corrected chi connectivity index (χ2v) is 5.60. The number of thiazole rings is 1. The van der Waals surface area contributed by atoms with Crippen LogP contribution in [0, 0.1) is 5.92 Å². The maximum Gasteiger partial charge on any atom is 0.193 e. The second-order valence-electron chi connectivity index (χ2n) is 4.73. The molecule has 1 aliphatic heterocycles. The van der Waals surface area contributed by atoms with Crippen molar-refractivity contribution in [2.45, 2.75) is 19.4 Å². The largest absolute Gasteiger partial charge is 0.396 e. The summed E-state index contributed by atoms with van der Waals surface area (Å²) in [5.41, 5.74) is 1.15. The standard InChI is InChI=1S/C12H17N3OS/c16-9-10-1-3-14(4-2-10)7-11-8-15-5-6-17-12(15)13-11/h5-6,8,10,16H,1-4,7,9H2. The average molecular weight is 251 g/mol. The van der Waals surface area contributed by atoms with Crippen molar-refractivity contribution in [2.24, 2.45) is 5.92 Å². The Balaban J connectivity index is 1.62. The van der Waals surface area contributed by atoms with Crippen molar-refractivity contribution in [2.75, 3.05) is 19.7 Å². The van der Waals surface area contributed by atoms with Gasteiger partial charge in [-0.2, -0.15) is 0 Å². The molecule has 0 spiro atoms. The molecule has 1 aliphatic rings. The summed E-state index contributed by atoms with van der Waals surface area (Å²) in [5.74, 6) is 0.511. The fourth-order valence-electron chi connectivity index (χ4n) is 2.41. The highest BCUT2D eigenvalue weighted by Gasteiger charge is 2.19. The molecule has 2 aromatic rings. The molecule has 0 bridgehead atoms. The summed E-state index contributed by atoms with van der Waals surface area (Å²) in [4.78, 5) is 8.10. The average Bonchev–Trinajstić information content (AvgIpc) is 2.90. The SMILES string of the molecule is OCC1CCN(Cc2cn3ccsc3n2)CC1. The minimum Gasteiger partial charge on any atom is -0.396 e. The number of aromatic nitrogens is 2. The first-order valence-electron chi connectivity index (χ1n) is 6.09. The number of fused-ring (bicyclic) bond motifs is 1. The van der Waals surface area contributed by atoms with Gasteiger partial charge in [-0.1, -0.05) is 0 Å². The van der Waals surface area contributed by atoms with Gasteiger partial charge in [0.2, 0.25) is 0 Å². The molecule has 3 rings (SSSR count). The Labute approximate surface area is 105 Å². The van der Waals surface area contributed by atoms with Crippen LogP contribution in [-0.2, 0) is 6.54 Å². The van der Waals surface area contributed by atoms with E-state index in [1.54, 1.807) is 11.3 Å². The third kappa shape index (κ3) is 2.36. The van der Waals surface area contributed by atoms with Crippen LogP contribution < -0.4 is 0 Å². The summed E-state index contributed by atoms with van der Waals surface area (Å²) in [5, 5.41) is 11.2. The van der Waals surface area contributed by atoms with E-state index in [1.165, 1.54) is 0 Å². The number of hydrogen-bond donors (Lipinski definition) is 1. The van der Waals surface area contributed by atoms with Crippen LogP contribution in [0.2, 0.25) is 0 Å². The van der Waals surface area contributed by atoms with Gasteiger partial charge in [0, 0.05) is 30.9 Å². The van der Waals surface area contributed by atoms with Gasteiger partial charge in [0.05, 0.1) is 5.69 Å². The minimum absolute atomic E-state index is 0.341.